The van der Waals surface area contributed by atoms with Crippen molar-refractivity contribution in [3.63, 3.8) is 0 Å². The Balaban J connectivity index is 3.15. The fourth-order valence-corrected chi connectivity index (χ4v) is 1.64. The average Bonchev–Trinajstić information content (AvgIpc) is 2.46. The van der Waals surface area contributed by atoms with Crippen molar-refractivity contribution >= 4 is 21.9 Å². The van der Waals surface area contributed by atoms with Crippen LogP contribution in [-0.4, -0.2) is 32.3 Å². The Hall–Kier alpha value is -0.880. The topological polar surface area (TPSA) is 75.4 Å². The third kappa shape index (κ3) is 1.89. The number of aromatic carboxylic acids is 1. The predicted molar refractivity (Wildman–Crippen MR) is 48.7 cm³/mol. The van der Waals surface area contributed by atoms with Crippen LogP contribution in [0.1, 0.15) is 23.5 Å². The highest BCUT2D eigenvalue weighted by molar-refractivity contribution is 9.10. The van der Waals surface area contributed by atoms with E-state index in [-0.39, 0.29) is 18.3 Å². The zero-order valence-electron chi connectivity index (χ0n) is 6.94. The lowest BCUT2D eigenvalue weighted by atomic mass is 10.3. The van der Waals surface area contributed by atoms with E-state index in [1.54, 1.807) is 6.92 Å². The molecule has 0 aromatic carbocycles. The first kappa shape index (κ1) is 10.2. The summed E-state index contributed by atoms with van der Waals surface area (Å²) in [6.07, 6.45) is 1.25. The maximum atomic E-state index is 10.7. The smallest absolute Gasteiger partial charge is 0.354 e. The molecule has 1 aromatic rings. The van der Waals surface area contributed by atoms with Crippen molar-refractivity contribution < 1.29 is 15.0 Å². The molecule has 0 radical (unpaired) electrons. The van der Waals surface area contributed by atoms with Crippen molar-refractivity contribution in [1.82, 2.24) is 9.55 Å². The molecule has 0 aliphatic heterocycles. The van der Waals surface area contributed by atoms with Gasteiger partial charge in [0.25, 0.3) is 0 Å². The Labute approximate surface area is 83.1 Å². The van der Waals surface area contributed by atoms with Gasteiger partial charge in [0.1, 0.15) is 5.69 Å². The highest BCUT2D eigenvalue weighted by Crippen LogP contribution is 2.18. The van der Waals surface area contributed by atoms with Gasteiger partial charge in [-0.3, -0.25) is 0 Å². The molecule has 1 heterocycles. The standard InChI is InChI=1S/C7H9BrN2O3/c1-4(3-11)10-5(6(12)13)2-9-7(10)8/h2,4,11H,3H2,1H3,(H,12,13). The van der Waals surface area contributed by atoms with Crippen LogP contribution >= 0.6 is 15.9 Å². The number of nitrogens with zero attached hydrogens (tertiary/aromatic N) is 2. The zero-order valence-corrected chi connectivity index (χ0v) is 8.52. The van der Waals surface area contributed by atoms with Gasteiger partial charge in [-0.05, 0) is 22.9 Å². The second-order valence-electron chi connectivity index (χ2n) is 2.62. The minimum absolute atomic E-state index is 0.0634. The number of hydrogen-bond donors (Lipinski definition) is 2. The first-order valence-corrected chi connectivity index (χ1v) is 4.44. The number of carboxylic acid groups (broad SMARTS) is 1. The van der Waals surface area contributed by atoms with Gasteiger partial charge in [-0.25, -0.2) is 9.78 Å². The number of halogens is 1. The van der Waals surface area contributed by atoms with Gasteiger partial charge in [0.2, 0.25) is 0 Å². The van der Waals surface area contributed by atoms with Gasteiger partial charge in [0.15, 0.2) is 4.73 Å². The highest BCUT2D eigenvalue weighted by Gasteiger charge is 2.17. The minimum Gasteiger partial charge on any atom is -0.477 e. The lowest BCUT2D eigenvalue weighted by Gasteiger charge is -2.12. The zero-order chi connectivity index (χ0) is 10.0. The minimum atomic E-state index is -1.06. The number of aliphatic hydroxyl groups is 1. The van der Waals surface area contributed by atoms with Gasteiger partial charge in [-0.2, -0.15) is 0 Å². The molecule has 13 heavy (non-hydrogen) atoms. The lowest BCUT2D eigenvalue weighted by Crippen LogP contribution is -2.15. The second-order valence-corrected chi connectivity index (χ2v) is 3.33. The Kier molecular flexibility index (Phi) is 3.05. The van der Waals surface area contributed by atoms with Gasteiger partial charge in [-0.1, -0.05) is 0 Å². The van der Waals surface area contributed by atoms with Crippen LogP contribution in [0.15, 0.2) is 10.9 Å². The van der Waals surface area contributed by atoms with Crippen molar-refractivity contribution in [2.75, 3.05) is 6.61 Å². The molecule has 0 saturated carbocycles. The van der Waals surface area contributed by atoms with Gasteiger partial charge in [0, 0.05) is 0 Å². The fraction of sp³-hybridized carbons (Fsp3) is 0.429. The summed E-state index contributed by atoms with van der Waals surface area (Å²) >= 11 is 3.10. The molecule has 1 rings (SSSR count). The third-order valence-electron chi connectivity index (χ3n) is 1.68. The first-order chi connectivity index (χ1) is 6.07. The molecule has 0 spiro atoms. The van der Waals surface area contributed by atoms with Gasteiger partial charge in [-0.15, -0.1) is 0 Å². The SMILES string of the molecule is CC(CO)n1c(C(=O)O)cnc1Br. The number of carboxylic acids is 1. The van der Waals surface area contributed by atoms with Crippen molar-refractivity contribution in [3.05, 3.63) is 16.6 Å². The average molecular weight is 249 g/mol. The summed E-state index contributed by atoms with van der Waals surface area (Å²) in [5.41, 5.74) is 0.0634. The van der Waals surface area contributed by atoms with Crippen LogP contribution in [0.25, 0.3) is 0 Å². The second kappa shape index (κ2) is 3.89. The number of imidazole rings is 1. The molecule has 0 saturated heterocycles. The Morgan fingerprint density at radius 2 is 2.46 bits per heavy atom. The Morgan fingerprint density at radius 3 is 2.92 bits per heavy atom. The van der Waals surface area contributed by atoms with E-state index in [2.05, 4.69) is 20.9 Å². The third-order valence-corrected chi connectivity index (χ3v) is 2.26. The molecular formula is C7H9BrN2O3. The molecule has 1 atom stereocenters. The Morgan fingerprint density at radius 1 is 1.85 bits per heavy atom. The largest absolute Gasteiger partial charge is 0.477 e. The lowest BCUT2D eigenvalue weighted by molar-refractivity contribution is 0.0680. The molecule has 2 N–H and O–H groups in total. The number of hydrogen-bond acceptors (Lipinski definition) is 3. The normalized spacial score (nSPS) is 12.8. The molecule has 0 fully saturated rings. The number of rotatable bonds is 3. The van der Waals surface area contributed by atoms with Gasteiger partial charge >= 0.3 is 5.97 Å². The molecular weight excluding hydrogens is 240 g/mol. The summed E-state index contributed by atoms with van der Waals surface area (Å²) in [5, 5.41) is 17.6. The van der Waals surface area contributed by atoms with E-state index in [4.69, 9.17) is 10.2 Å². The molecule has 0 aliphatic carbocycles. The van der Waals surface area contributed by atoms with Crippen molar-refractivity contribution in [2.24, 2.45) is 0 Å². The van der Waals surface area contributed by atoms with E-state index >= 15 is 0 Å². The van der Waals surface area contributed by atoms with Crippen molar-refractivity contribution in [3.8, 4) is 0 Å². The number of aromatic nitrogens is 2. The fourth-order valence-electron chi connectivity index (χ4n) is 0.997. The van der Waals surface area contributed by atoms with E-state index < -0.39 is 5.97 Å². The monoisotopic (exact) mass is 248 g/mol. The predicted octanol–water partition coefficient (Wildman–Crippen LogP) is 0.897. The van der Waals surface area contributed by atoms with E-state index in [9.17, 15) is 4.79 Å². The summed E-state index contributed by atoms with van der Waals surface area (Å²) in [5.74, 6) is -1.06. The molecule has 1 unspecified atom stereocenters. The molecule has 0 bridgehead atoms. The van der Waals surface area contributed by atoms with Crippen molar-refractivity contribution in [1.29, 1.82) is 0 Å². The van der Waals surface area contributed by atoms with Crippen LogP contribution in [0.3, 0.4) is 0 Å². The van der Waals surface area contributed by atoms with Crippen LogP contribution in [-0.2, 0) is 0 Å². The quantitative estimate of drug-likeness (QED) is 0.834. The van der Waals surface area contributed by atoms with Crippen LogP contribution < -0.4 is 0 Å². The number of carbonyl (C=O) groups is 1. The van der Waals surface area contributed by atoms with Gasteiger partial charge < -0.3 is 14.8 Å². The molecule has 0 aliphatic rings. The number of aliphatic hydroxyl groups excluding tert-OH is 1. The summed E-state index contributed by atoms with van der Waals surface area (Å²) < 4.78 is 1.83. The molecule has 0 amide bonds. The van der Waals surface area contributed by atoms with Crippen LogP contribution in [0.2, 0.25) is 0 Å². The highest BCUT2D eigenvalue weighted by atomic mass is 79.9. The molecule has 72 valence electrons. The first-order valence-electron chi connectivity index (χ1n) is 3.64. The van der Waals surface area contributed by atoms with Crippen molar-refractivity contribution in [2.45, 2.75) is 13.0 Å². The summed E-state index contributed by atoms with van der Waals surface area (Å²) in [6, 6.07) is -0.303. The van der Waals surface area contributed by atoms with E-state index in [1.807, 2.05) is 0 Å². The van der Waals surface area contributed by atoms with Crippen LogP contribution in [0.4, 0.5) is 0 Å². The summed E-state index contributed by atoms with van der Waals surface area (Å²) in [6.45, 7) is 1.58. The van der Waals surface area contributed by atoms with E-state index in [1.165, 1.54) is 10.8 Å². The summed E-state index contributed by atoms with van der Waals surface area (Å²) in [7, 11) is 0. The van der Waals surface area contributed by atoms with Crippen LogP contribution in [0.5, 0.6) is 0 Å². The Bertz CT molecular complexity index is 324. The molecule has 1 aromatic heterocycles. The summed E-state index contributed by atoms with van der Waals surface area (Å²) in [4.78, 5) is 14.5. The molecule has 6 heteroatoms. The maximum Gasteiger partial charge on any atom is 0.354 e. The van der Waals surface area contributed by atoms with E-state index in [0.717, 1.165) is 0 Å². The van der Waals surface area contributed by atoms with Gasteiger partial charge in [0.05, 0.1) is 18.8 Å². The molecule has 5 nitrogen and oxygen atoms in total. The maximum absolute atomic E-state index is 10.7. The van der Waals surface area contributed by atoms with E-state index in [0.29, 0.717) is 4.73 Å². The van der Waals surface area contributed by atoms with Crippen LogP contribution in [0, 0.1) is 0 Å².